The zero-order valence-corrected chi connectivity index (χ0v) is 14.7. The summed E-state index contributed by atoms with van der Waals surface area (Å²) in [6.07, 6.45) is 1.96. The van der Waals surface area contributed by atoms with Crippen LogP contribution in [-0.2, 0) is 11.3 Å². The van der Waals surface area contributed by atoms with Crippen LogP contribution in [0, 0.1) is 6.92 Å². The minimum atomic E-state index is -0.380. The van der Waals surface area contributed by atoms with Crippen LogP contribution in [0.15, 0.2) is 0 Å². The van der Waals surface area contributed by atoms with Crippen molar-refractivity contribution in [1.29, 1.82) is 0 Å². The Balaban J connectivity index is 2.70. The molecule has 0 saturated heterocycles. The third kappa shape index (κ3) is 5.33. The van der Waals surface area contributed by atoms with Gasteiger partial charge in [0.15, 0.2) is 0 Å². The highest BCUT2D eigenvalue weighted by atomic mass is 35.5. The standard InChI is InChI=1S/C15H25ClN4O2/c1-6-7-8-20-13(16)12(10(2)19-20)14(22)17-9-11(21)18-15(3,4)5/h6-9H2,1-5H3,(H,17,22)(H,18,21). The molecular weight excluding hydrogens is 304 g/mol. The second kappa shape index (κ2) is 7.63. The molecule has 0 fully saturated rings. The molecule has 0 spiro atoms. The Morgan fingerprint density at radius 2 is 1.95 bits per heavy atom. The molecule has 1 aromatic rings. The second-order valence-electron chi connectivity index (χ2n) is 6.31. The lowest BCUT2D eigenvalue weighted by atomic mass is 10.1. The van der Waals surface area contributed by atoms with Crippen molar-refractivity contribution in [3.05, 3.63) is 16.4 Å². The lowest BCUT2D eigenvalue weighted by Gasteiger charge is -2.20. The zero-order chi connectivity index (χ0) is 16.9. The first kappa shape index (κ1) is 18.5. The number of carbonyl (C=O) groups excluding carboxylic acids is 2. The monoisotopic (exact) mass is 328 g/mol. The highest BCUT2D eigenvalue weighted by Crippen LogP contribution is 2.20. The Labute approximate surface area is 136 Å². The average Bonchev–Trinajstić information content (AvgIpc) is 2.66. The molecule has 2 amide bonds. The third-order valence-corrected chi connectivity index (χ3v) is 3.32. The molecule has 0 atom stereocenters. The van der Waals surface area contributed by atoms with Gasteiger partial charge in [-0.3, -0.25) is 14.3 Å². The number of hydrogen-bond donors (Lipinski definition) is 2. The van der Waals surface area contributed by atoms with Gasteiger partial charge in [0.25, 0.3) is 5.91 Å². The first-order valence-electron chi connectivity index (χ1n) is 7.47. The quantitative estimate of drug-likeness (QED) is 0.841. The maximum Gasteiger partial charge on any atom is 0.256 e. The number of amides is 2. The molecule has 124 valence electrons. The minimum absolute atomic E-state index is 0.0913. The highest BCUT2D eigenvalue weighted by molar-refractivity contribution is 6.33. The fraction of sp³-hybridized carbons (Fsp3) is 0.667. The molecule has 0 unspecified atom stereocenters. The van der Waals surface area contributed by atoms with E-state index in [4.69, 9.17) is 11.6 Å². The normalized spacial score (nSPS) is 11.4. The SMILES string of the molecule is CCCCn1nc(C)c(C(=O)NCC(=O)NC(C)(C)C)c1Cl. The Morgan fingerprint density at radius 1 is 1.32 bits per heavy atom. The molecule has 0 bridgehead atoms. The van der Waals surface area contributed by atoms with E-state index in [0.717, 1.165) is 12.8 Å². The van der Waals surface area contributed by atoms with E-state index in [0.29, 0.717) is 23.0 Å². The molecule has 0 radical (unpaired) electrons. The van der Waals surface area contributed by atoms with E-state index in [-0.39, 0.29) is 23.9 Å². The number of nitrogens with one attached hydrogen (secondary N) is 2. The van der Waals surface area contributed by atoms with Gasteiger partial charge in [-0.25, -0.2) is 0 Å². The molecule has 0 aliphatic rings. The van der Waals surface area contributed by atoms with Crippen molar-refractivity contribution in [3.8, 4) is 0 Å². The van der Waals surface area contributed by atoms with Crippen molar-refractivity contribution >= 4 is 23.4 Å². The van der Waals surface area contributed by atoms with Crippen LogP contribution in [0.1, 0.15) is 56.6 Å². The number of rotatable bonds is 6. The van der Waals surface area contributed by atoms with Gasteiger partial charge in [0.1, 0.15) is 5.15 Å². The Bertz CT molecular complexity index is 546. The van der Waals surface area contributed by atoms with Gasteiger partial charge < -0.3 is 10.6 Å². The minimum Gasteiger partial charge on any atom is -0.350 e. The summed E-state index contributed by atoms with van der Waals surface area (Å²) in [4.78, 5) is 23.9. The number of aromatic nitrogens is 2. The van der Waals surface area contributed by atoms with Crippen LogP contribution in [0.5, 0.6) is 0 Å². The molecular formula is C15H25ClN4O2. The Kier molecular flexibility index (Phi) is 6.41. The van der Waals surface area contributed by atoms with Crippen molar-refractivity contribution in [2.75, 3.05) is 6.54 Å². The van der Waals surface area contributed by atoms with Gasteiger partial charge in [0.05, 0.1) is 17.8 Å². The number of nitrogens with zero attached hydrogens (tertiary/aromatic N) is 2. The van der Waals surface area contributed by atoms with Crippen LogP contribution < -0.4 is 10.6 Å². The van der Waals surface area contributed by atoms with Crippen molar-refractivity contribution in [2.45, 2.75) is 59.5 Å². The maximum atomic E-state index is 12.2. The molecule has 1 rings (SSSR count). The van der Waals surface area contributed by atoms with E-state index in [9.17, 15) is 9.59 Å². The number of hydrogen-bond acceptors (Lipinski definition) is 3. The summed E-state index contributed by atoms with van der Waals surface area (Å²) < 4.78 is 1.63. The summed E-state index contributed by atoms with van der Waals surface area (Å²) in [6, 6.07) is 0. The van der Waals surface area contributed by atoms with Gasteiger partial charge in [-0.15, -0.1) is 0 Å². The predicted octanol–water partition coefficient (Wildman–Crippen LogP) is 2.29. The van der Waals surface area contributed by atoms with Crippen LogP contribution in [-0.4, -0.2) is 33.7 Å². The first-order valence-corrected chi connectivity index (χ1v) is 7.85. The van der Waals surface area contributed by atoms with Gasteiger partial charge in [-0.1, -0.05) is 24.9 Å². The highest BCUT2D eigenvalue weighted by Gasteiger charge is 2.21. The van der Waals surface area contributed by atoms with E-state index >= 15 is 0 Å². The fourth-order valence-corrected chi connectivity index (χ4v) is 2.32. The van der Waals surface area contributed by atoms with Crippen LogP contribution in [0.25, 0.3) is 0 Å². The zero-order valence-electron chi connectivity index (χ0n) is 13.9. The van der Waals surface area contributed by atoms with Crippen LogP contribution >= 0.6 is 11.6 Å². The van der Waals surface area contributed by atoms with E-state index < -0.39 is 0 Å². The maximum absolute atomic E-state index is 12.2. The lowest BCUT2D eigenvalue weighted by Crippen LogP contribution is -2.45. The predicted molar refractivity (Wildman–Crippen MR) is 87.1 cm³/mol. The van der Waals surface area contributed by atoms with Gasteiger partial charge in [0.2, 0.25) is 5.91 Å². The van der Waals surface area contributed by atoms with Gasteiger partial charge in [-0.2, -0.15) is 5.10 Å². The van der Waals surface area contributed by atoms with Gasteiger partial charge in [-0.05, 0) is 34.1 Å². The number of aryl methyl sites for hydroxylation is 2. The van der Waals surface area contributed by atoms with E-state index in [1.165, 1.54) is 0 Å². The molecule has 1 heterocycles. The lowest BCUT2D eigenvalue weighted by molar-refractivity contribution is -0.121. The van der Waals surface area contributed by atoms with Crippen LogP contribution in [0.3, 0.4) is 0 Å². The third-order valence-electron chi connectivity index (χ3n) is 2.94. The fourth-order valence-electron chi connectivity index (χ4n) is 1.98. The molecule has 1 aromatic heterocycles. The van der Waals surface area contributed by atoms with E-state index in [1.807, 2.05) is 20.8 Å². The Morgan fingerprint density at radius 3 is 2.50 bits per heavy atom. The van der Waals surface area contributed by atoms with Crippen LogP contribution in [0.2, 0.25) is 5.15 Å². The molecule has 6 nitrogen and oxygen atoms in total. The van der Waals surface area contributed by atoms with Gasteiger partial charge >= 0.3 is 0 Å². The van der Waals surface area contributed by atoms with Crippen molar-refractivity contribution in [3.63, 3.8) is 0 Å². The van der Waals surface area contributed by atoms with Gasteiger partial charge in [0, 0.05) is 12.1 Å². The molecule has 0 saturated carbocycles. The topological polar surface area (TPSA) is 76.0 Å². The van der Waals surface area contributed by atoms with E-state index in [2.05, 4.69) is 22.7 Å². The Hall–Kier alpha value is -1.56. The molecule has 22 heavy (non-hydrogen) atoms. The summed E-state index contributed by atoms with van der Waals surface area (Å²) in [6.45, 7) is 10.0. The summed E-state index contributed by atoms with van der Waals surface area (Å²) >= 11 is 6.22. The van der Waals surface area contributed by atoms with Crippen molar-refractivity contribution in [1.82, 2.24) is 20.4 Å². The molecule has 7 heteroatoms. The number of halogens is 1. The number of unbranched alkanes of at least 4 members (excludes halogenated alkanes) is 1. The average molecular weight is 329 g/mol. The largest absolute Gasteiger partial charge is 0.350 e. The van der Waals surface area contributed by atoms with Crippen molar-refractivity contribution < 1.29 is 9.59 Å². The smallest absolute Gasteiger partial charge is 0.256 e. The molecule has 2 N–H and O–H groups in total. The summed E-state index contributed by atoms with van der Waals surface area (Å²) in [5, 5.41) is 9.96. The number of carbonyl (C=O) groups is 2. The molecule has 0 aliphatic heterocycles. The second-order valence-corrected chi connectivity index (χ2v) is 6.67. The van der Waals surface area contributed by atoms with Crippen molar-refractivity contribution in [2.24, 2.45) is 0 Å². The summed E-state index contributed by atoms with van der Waals surface area (Å²) in [5.41, 5.74) is 0.566. The summed E-state index contributed by atoms with van der Waals surface area (Å²) in [5.74, 6) is -0.623. The summed E-state index contributed by atoms with van der Waals surface area (Å²) in [7, 11) is 0. The first-order chi connectivity index (χ1) is 10.2. The molecule has 0 aliphatic carbocycles. The molecule has 0 aromatic carbocycles. The van der Waals surface area contributed by atoms with E-state index in [1.54, 1.807) is 11.6 Å². The van der Waals surface area contributed by atoms with Crippen LogP contribution in [0.4, 0.5) is 0 Å².